The van der Waals surface area contributed by atoms with Crippen molar-refractivity contribution >= 4 is 15.4 Å². The first-order valence-corrected chi connectivity index (χ1v) is 6.91. The van der Waals surface area contributed by atoms with Gasteiger partial charge >= 0.3 is 0 Å². The summed E-state index contributed by atoms with van der Waals surface area (Å²) in [7, 11) is 3.48. The molecule has 2 nitrogen and oxygen atoms in total. The second-order valence-corrected chi connectivity index (χ2v) is 7.14. The molecule has 0 atom stereocenters. The van der Waals surface area contributed by atoms with E-state index in [-0.39, 0.29) is 11.2 Å². The number of benzene rings is 1. The quantitative estimate of drug-likeness (QED) is 0.770. The van der Waals surface area contributed by atoms with Crippen molar-refractivity contribution in [1.29, 1.82) is 0 Å². The molecule has 3 radical (unpaired) electrons. The molecule has 0 saturated carbocycles. The lowest BCUT2D eigenvalue weighted by Gasteiger charge is -2.28. The van der Waals surface area contributed by atoms with Crippen molar-refractivity contribution in [3.05, 3.63) is 30.3 Å². The summed E-state index contributed by atoms with van der Waals surface area (Å²) in [5.74, 6) is 1.46. The smallest absolute Gasteiger partial charge is 0.169 e. The molecule has 0 spiro atoms. The van der Waals surface area contributed by atoms with Gasteiger partial charge in [0, 0.05) is 5.56 Å². The van der Waals surface area contributed by atoms with Crippen LogP contribution in [0.25, 0.3) is 5.20 Å². The van der Waals surface area contributed by atoms with Gasteiger partial charge in [0.25, 0.3) is 0 Å². The molecule has 0 bridgehead atoms. The van der Waals surface area contributed by atoms with E-state index in [1.807, 2.05) is 59.7 Å². The predicted octanol–water partition coefficient (Wildman–Crippen LogP) is 4.18. The van der Waals surface area contributed by atoms with Crippen LogP contribution in [-0.4, -0.2) is 21.4 Å². The highest BCUT2D eigenvalue weighted by Crippen LogP contribution is 2.38. The van der Waals surface area contributed by atoms with Gasteiger partial charge in [-0.25, -0.2) is 0 Å². The van der Waals surface area contributed by atoms with E-state index in [0.717, 1.165) is 22.3 Å². The molecule has 0 aromatic heterocycles. The van der Waals surface area contributed by atoms with Crippen LogP contribution in [0, 0.1) is 0 Å². The zero-order valence-electron chi connectivity index (χ0n) is 12.8. The first-order valence-electron chi connectivity index (χ1n) is 6.41. The third-order valence-corrected chi connectivity index (χ3v) is 2.40. The van der Waals surface area contributed by atoms with E-state index in [4.69, 9.17) is 9.47 Å². The summed E-state index contributed by atoms with van der Waals surface area (Å²) >= 11 is 0. The lowest BCUT2D eigenvalue weighted by Crippen LogP contribution is -2.27. The number of hydrogen-bond acceptors (Lipinski definition) is 2. The second kappa shape index (κ2) is 5.41. The molecular weight excluding hydrogens is 252 g/mol. The van der Waals surface area contributed by atoms with E-state index < -0.39 is 0 Å². The number of hydrogen-bond donors (Lipinski definition) is 0. The fourth-order valence-electron chi connectivity index (χ4n) is 1.58. The molecule has 3 heteroatoms. The minimum Gasteiger partial charge on any atom is -0.484 e. The normalized spacial score (nSPS) is 12.2. The minimum absolute atomic E-state index is 0.276. The molecule has 19 heavy (non-hydrogen) atoms. The van der Waals surface area contributed by atoms with Crippen LogP contribution in [0.4, 0.5) is 0 Å². The van der Waals surface area contributed by atoms with Crippen molar-refractivity contribution < 1.29 is 9.47 Å². The SMILES string of the molecule is C=C([Si])c1cccc(OC(C)(C)C)c1OC(C)(C)C. The topological polar surface area (TPSA) is 18.5 Å². The molecule has 0 heterocycles. The lowest BCUT2D eigenvalue weighted by atomic mass is 10.1. The maximum atomic E-state index is 6.05. The van der Waals surface area contributed by atoms with Gasteiger partial charge < -0.3 is 9.47 Å². The van der Waals surface area contributed by atoms with Crippen molar-refractivity contribution in [3.63, 3.8) is 0 Å². The Bertz CT molecular complexity index is 465. The summed E-state index contributed by atoms with van der Waals surface area (Å²) in [6.45, 7) is 16.0. The molecule has 0 aliphatic rings. The van der Waals surface area contributed by atoms with Crippen molar-refractivity contribution in [2.75, 3.05) is 0 Å². The van der Waals surface area contributed by atoms with Gasteiger partial charge in [0.15, 0.2) is 11.5 Å². The number of rotatable bonds is 3. The average molecular weight is 275 g/mol. The molecule has 0 amide bonds. The molecule has 0 fully saturated rings. The van der Waals surface area contributed by atoms with Crippen molar-refractivity contribution in [3.8, 4) is 11.5 Å². The van der Waals surface area contributed by atoms with Gasteiger partial charge in [-0.15, -0.1) is 0 Å². The minimum atomic E-state index is -0.298. The van der Waals surface area contributed by atoms with Crippen LogP contribution in [0.2, 0.25) is 0 Å². The zero-order valence-corrected chi connectivity index (χ0v) is 13.8. The zero-order chi connectivity index (χ0) is 14.8. The van der Waals surface area contributed by atoms with Gasteiger partial charge in [-0.1, -0.05) is 23.9 Å². The maximum absolute atomic E-state index is 6.05. The van der Waals surface area contributed by atoms with Crippen LogP contribution < -0.4 is 9.47 Å². The fourth-order valence-corrected chi connectivity index (χ4v) is 1.77. The Labute approximate surface area is 120 Å². The largest absolute Gasteiger partial charge is 0.484 e. The molecular formula is C16H23O2Si. The summed E-state index contributed by atoms with van der Waals surface area (Å²) in [6.07, 6.45) is 0. The van der Waals surface area contributed by atoms with Gasteiger partial charge in [0.05, 0.1) is 10.2 Å². The van der Waals surface area contributed by atoms with E-state index in [9.17, 15) is 0 Å². The Hall–Kier alpha value is -1.22. The summed E-state index contributed by atoms with van der Waals surface area (Å²) in [5, 5.41) is 0.776. The Balaban J connectivity index is 3.30. The predicted molar refractivity (Wildman–Crippen MR) is 82.0 cm³/mol. The van der Waals surface area contributed by atoms with Crippen LogP contribution in [0.15, 0.2) is 24.8 Å². The fraction of sp³-hybridized carbons (Fsp3) is 0.500. The van der Waals surface area contributed by atoms with Gasteiger partial charge in [0.2, 0.25) is 0 Å². The van der Waals surface area contributed by atoms with Crippen molar-refractivity contribution in [2.24, 2.45) is 0 Å². The van der Waals surface area contributed by atoms with Crippen molar-refractivity contribution in [1.82, 2.24) is 0 Å². The highest BCUT2D eigenvalue weighted by molar-refractivity contribution is 6.42. The Morgan fingerprint density at radius 2 is 1.53 bits per heavy atom. The second-order valence-electron chi connectivity index (χ2n) is 6.54. The highest BCUT2D eigenvalue weighted by Gasteiger charge is 2.22. The maximum Gasteiger partial charge on any atom is 0.169 e. The standard InChI is InChI=1S/C16H23O2Si/c1-11(19)12-9-8-10-13(17-15(2,3)4)14(12)18-16(5,6)7/h8-10H,1H2,2-7H3. The van der Waals surface area contributed by atoms with E-state index in [2.05, 4.69) is 16.8 Å². The Kier molecular flexibility index (Phi) is 4.51. The molecule has 1 aromatic carbocycles. The van der Waals surface area contributed by atoms with Crippen LogP contribution in [0.3, 0.4) is 0 Å². The van der Waals surface area contributed by atoms with Crippen LogP contribution in [-0.2, 0) is 0 Å². The summed E-state index contributed by atoms with van der Waals surface area (Å²) in [5.41, 5.74) is 0.337. The monoisotopic (exact) mass is 275 g/mol. The third kappa shape index (κ3) is 5.11. The molecule has 0 aliphatic heterocycles. The first kappa shape index (κ1) is 15.8. The van der Waals surface area contributed by atoms with E-state index in [1.165, 1.54) is 0 Å². The van der Waals surface area contributed by atoms with Crippen molar-refractivity contribution in [2.45, 2.75) is 52.7 Å². The molecule has 0 N–H and O–H groups in total. The van der Waals surface area contributed by atoms with E-state index >= 15 is 0 Å². The summed E-state index contributed by atoms with van der Waals surface area (Å²) < 4.78 is 12.0. The highest BCUT2D eigenvalue weighted by atomic mass is 28.1. The van der Waals surface area contributed by atoms with Crippen LogP contribution in [0.1, 0.15) is 47.1 Å². The molecule has 1 aromatic rings. The average Bonchev–Trinajstić information content (AvgIpc) is 2.15. The molecule has 103 valence electrons. The van der Waals surface area contributed by atoms with E-state index in [1.54, 1.807) is 0 Å². The first-order chi connectivity index (χ1) is 8.49. The van der Waals surface area contributed by atoms with Crippen LogP contribution in [0.5, 0.6) is 11.5 Å². The molecule has 1 rings (SSSR count). The Morgan fingerprint density at radius 3 is 1.95 bits per heavy atom. The third-order valence-electron chi connectivity index (χ3n) is 2.13. The van der Waals surface area contributed by atoms with Crippen LogP contribution >= 0.6 is 0 Å². The van der Waals surface area contributed by atoms with Gasteiger partial charge in [0.1, 0.15) is 11.2 Å². The summed E-state index contributed by atoms with van der Waals surface area (Å²) in [4.78, 5) is 0. The molecule has 0 saturated heterocycles. The number of para-hydroxylation sites is 1. The summed E-state index contributed by atoms with van der Waals surface area (Å²) in [6, 6.07) is 5.83. The van der Waals surface area contributed by atoms with Gasteiger partial charge in [-0.3, -0.25) is 0 Å². The van der Waals surface area contributed by atoms with Gasteiger partial charge in [-0.05, 0) is 47.6 Å². The molecule has 0 aliphatic carbocycles. The van der Waals surface area contributed by atoms with E-state index in [0.29, 0.717) is 0 Å². The molecule has 0 unspecified atom stereocenters. The Morgan fingerprint density at radius 1 is 1.00 bits per heavy atom. The lowest BCUT2D eigenvalue weighted by molar-refractivity contribution is 0.0955. The van der Waals surface area contributed by atoms with Gasteiger partial charge in [-0.2, -0.15) is 0 Å². The number of ether oxygens (including phenoxy) is 2.